The topological polar surface area (TPSA) is 107 Å². The zero-order valence-corrected chi connectivity index (χ0v) is 11.8. The van der Waals surface area contributed by atoms with Crippen molar-refractivity contribution in [1.29, 1.82) is 0 Å². The van der Waals surface area contributed by atoms with Crippen LogP contribution in [-0.2, 0) is 14.8 Å². The van der Waals surface area contributed by atoms with Gasteiger partial charge in [-0.3, -0.25) is 14.9 Å². The minimum atomic E-state index is -4.14. The van der Waals surface area contributed by atoms with Gasteiger partial charge in [-0.1, -0.05) is 17.7 Å². The van der Waals surface area contributed by atoms with Gasteiger partial charge in [0, 0.05) is 12.1 Å². The van der Waals surface area contributed by atoms with Crippen molar-refractivity contribution in [3.05, 3.63) is 57.6 Å². The van der Waals surface area contributed by atoms with Crippen LogP contribution in [0.4, 0.5) is 5.69 Å². The van der Waals surface area contributed by atoms with Gasteiger partial charge in [0.1, 0.15) is 0 Å². The van der Waals surface area contributed by atoms with Gasteiger partial charge in [-0.25, -0.2) is 0 Å². The van der Waals surface area contributed by atoms with Gasteiger partial charge < -0.3 is 0 Å². The molecule has 9 heteroatoms. The number of nitro benzene ring substituents is 1. The molecule has 0 bridgehead atoms. The van der Waals surface area contributed by atoms with E-state index in [9.17, 15) is 23.3 Å². The summed E-state index contributed by atoms with van der Waals surface area (Å²) in [4.78, 5) is 20.8. The SMILES string of the molecule is O=C1C=C/C(=N\S(=O)(=O)c2cccc([N+](=O)[O-])c2)C=C1Cl. The molecule has 7 nitrogen and oxygen atoms in total. The molecule has 108 valence electrons. The van der Waals surface area contributed by atoms with E-state index in [0.29, 0.717) is 0 Å². The summed E-state index contributed by atoms with van der Waals surface area (Å²) >= 11 is 5.60. The van der Waals surface area contributed by atoms with Gasteiger partial charge in [-0.05, 0) is 24.3 Å². The highest BCUT2D eigenvalue weighted by molar-refractivity contribution is 7.90. The lowest BCUT2D eigenvalue weighted by Crippen LogP contribution is -2.07. The van der Waals surface area contributed by atoms with E-state index < -0.39 is 20.7 Å². The van der Waals surface area contributed by atoms with E-state index in [4.69, 9.17) is 11.6 Å². The Morgan fingerprint density at radius 2 is 1.95 bits per heavy atom. The fraction of sp³-hybridized carbons (Fsp3) is 0. The summed E-state index contributed by atoms with van der Waals surface area (Å²) in [7, 11) is -4.14. The van der Waals surface area contributed by atoms with Crippen molar-refractivity contribution >= 4 is 38.8 Å². The van der Waals surface area contributed by atoms with E-state index in [-0.39, 0.29) is 21.3 Å². The third-order valence-electron chi connectivity index (χ3n) is 2.47. The standard InChI is InChI=1S/C12H7ClN2O5S/c13-11-6-8(4-5-12(11)16)14-21(19,20)10-3-1-2-9(7-10)15(17)18/h1-7H/b14-8+. The molecule has 0 radical (unpaired) electrons. The number of halogens is 1. The van der Waals surface area contributed by atoms with Gasteiger partial charge in [0.05, 0.1) is 20.6 Å². The molecule has 0 saturated carbocycles. The Bertz CT molecular complexity index is 824. The maximum atomic E-state index is 12.1. The van der Waals surface area contributed by atoms with Crippen molar-refractivity contribution in [1.82, 2.24) is 0 Å². The molecule has 0 fully saturated rings. The van der Waals surface area contributed by atoms with E-state index in [1.807, 2.05) is 0 Å². The Kier molecular flexibility index (Phi) is 4.01. The highest BCUT2D eigenvalue weighted by Gasteiger charge is 2.18. The molecule has 0 aliphatic heterocycles. The minimum Gasteiger partial charge on any atom is -0.288 e. The lowest BCUT2D eigenvalue weighted by molar-refractivity contribution is -0.385. The molecule has 0 N–H and O–H groups in total. The number of nitro groups is 1. The van der Waals surface area contributed by atoms with E-state index >= 15 is 0 Å². The first-order valence-corrected chi connectivity index (χ1v) is 7.30. The van der Waals surface area contributed by atoms with Crippen LogP contribution in [0.5, 0.6) is 0 Å². The number of ketones is 1. The average molecular weight is 327 g/mol. The van der Waals surface area contributed by atoms with E-state index in [1.54, 1.807) is 0 Å². The zero-order chi connectivity index (χ0) is 15.6. The fourth-order valence-electron chi connectivity index (χ4n) is 1.50. The van der Waals surface area contributed by atoms with Crippen LogP contribution in [0.25, 0.3) is 0 Å². The molecule has 0 spiro atoms. The Morgan fingerprint density at radius 3 is 2.57 bits per heavy atom. The summed E-state index contributed by atoms with van der Waals surface area (Å²) in [6.07, 6.45) is 3.39. The molecule has 1 aliphatic rings. The number of benzene rings is 1. The molecule has 1 aromatic rings. The molecule has 21 heavy (non-hydrogen) atoms. The van der Waals surface area contributed by atoms with Gasteiger partial charge in [0.25, 0.3) is 15.7 Å². The summed E-state index contributed by atoms with van der Waals surface area (Å²) in [6, 6.07) is 4.51. The fourth-order valence-corrected chi connectivity index (χ4v) is 2.69. The van der Waals surface area contributed by atoms with Gasteiger partial charge >= 0.3 is 0 Å². The number of carbonyl (C=O) groups is 1. The molecule has 0 amide bonds. The van der Waals surface area contributed by atoms with Crippen LogP contribution in [0, 0.1) is 10.1 Å². The number of nitrogens with zero attached hydrogens (tertiary/aromatic N) is 2. The smallest absolute Gasteiger partial charge is 0.283 e. The second-order valence-electron chi connectivity index (χ2n) is 3.94. The van der Waals surface area contributed by atoms with E-state index in [2.05, 4.69) is 4.40 Å². The number of rotatable bonds is 3. The van der Waals surface area contributed by atoms with Crippen molar-refractivity contribution in [2.75, 3.05) is 0 Å². The summed E-state index contributed by atoms with van der Waals surface area (Å²) < 4.78 is 27.6. The Labute approximate surface area is 124 Å². The van der Waals surface area contributed by atoms with Crippen molar-refractivity contribution in [2.24, 2.45) is 4.40 Å². The predicted molar refractivity (Wildman–Crippen MR) is 75.8 cm³/mol. The molecular weight excluding hydrogens is 320 g/mol. The molecular formula is C12H7ClN2O5S. The van der Waals surface area contributed by atoms with Crippen LogP contribution in [0.1, 0.15) is 0 Å². The second-order valence-corrected chi connectivity index (χ2v) is 5.95. The lowest BCUT2D eigenvalue weighted by atomic mass is 10.2. The quantitative estimate of drug-likeness (QED) is 0.479. The third-order valence-corrected chi connectivity index (χ3v) is 4.06. The summed E-state index contributed by atoms with van der Waals surface area (Å²) in [5.74, 6) is -0.455. The number of hydrogen-bond acceptors (Lipinski definition) is 5. The van der Waals surface area contributed by atoms with Gasteiger partial charge in [0.2, 0.25) is 0 Å². The number of sulfonamides is 1. The maximum Gasteiger partial charge on any atom is 0.283 e. The van der Waals surface area contributed by atoms with Crippen LogP contribution < -0.4 is 0 Å². The minimum absolute atomic E-state index is 0.0360. The van der Waals surface area contributed by atoms with Crippen molar-refractivity contribution in [2.45, 2.75) is 4.90 Å². The summed E-state index contributed by atoms with van der Waals surface area (Å²) in [5, 5.41) is 10.5. The van der Waals surface area contributed by atoms with Gasteiger partial charge in [-0.2, -0.15) is 12.8 Å². The molecule has 0 atom stereocenters. The molecule has 1 aromatic carbocycles. The molecule has 0 aromatic heterocycles. The predicted octanol–water partition coefficient (Wildman–Crippen LogP) is 1.99. The number of allylic oxidation sites excluding steroid dienone is 4. The second kappa shape index (κ2) is 5.58. The summed E-state index contributed by atoms with van der Waals surface area (Å²) in [5.41, 5.74) is -0.398. The molecule has 2 rings (SSSR count). The average Bonchev–Trinajstić information content (AvgIpc) is 2.43. The maximum absolute atomic E-state index is 12.1. The largest absolute Gasteiger partial charge is 0.288 e. The monoisotopic (exact) mass is 326 g/mol. The first kappa shape index (κ1) is 15.1. The Balaban J connectivity index is 2.44. The lowest BCUT2D eigenvalue weighted by Gasteiger charge is -2.03. The normalized spacial score (nSPS) is 16.9. The van der Waals surface area contributed by atoms with Gasteiger partial charge in [-0.15, -0.1) is 0 Å². The number of non-ortho nitro benzene ring substituents is 1. The van der Waals surface area contributed by atoms with Crippen LogP contribution in [0.3, 0.4) is 0 Å². The van der Waals surface area contributed by atoms with E-state index in [0.717, 1.165) is 18.2 Å². The highest BCUT2D eigenvalue weighted by Crippen LogP contribution is 2.20. The third kappa shape index (κ3) is 3.41. The van der Waals surface area contributed by atoms with Crippen LogP contribution >= 0.6 is 11.6 Å². The Morgan fingerprint density at radius 1 is 1.24 bits per heavy atom. The van der Waals surface area contributed by atoms with Gasteiger partial charge in [0.15, 0.2) is 5.78 Å². The summed E-state index contributed by atoms with van der Waals surface area (Å²) in [6.45, 7) is 0. The van der Waals surface area contributed by atoms with Crippen molar-refractivity contribution in [3.8, 4) is 0 Å². The highest BCUT2D eigenvalue weighted by atomic mass is 35.5. The molecule has 1 aliphatic carbocycles. The first-order chi connectivity index (χ1) is 9.79. The molecule has 0 heterocycles. The van der Waals surface area contributed by atoms with Crippen LogP contribution in [-0.4, -0.2) is 24.8 Å². The first-order valence-electron chi connectivity index (χ1n) is 5.48. The number of hydrogen-bond donors (Lipinski definition) is 0. The van der Waals surface area contributed by atoms with E-state index in [1.165, 1.54) is 24.3 Å². The Hall–Kier alpha value is -2.32. The van der Waals surface area contributed by atoms with Crippen molar-refractivity contribution in [3.63, 3.8) is 0 Å². The van der Waals surface area contributed by atoms with Crippen LogP contribution in [0.2, 0.25) is 0 Å². The van der Waals surface area contributed by atoms with Crippen LogP contribution in [0.15, 0.2) is 56.8 Å². The zero-order valence-electron chi connectivity index (χ0n) is 10.3. The van der Waals surface area contributed by atoms with Crippen molar-refractivity contribution < 1.29 is 18.1 Å². The number of carbonyl (C=O) groups excluding carboxylic acids is 1. The molecule has 0 saturated heterocycles. The molecule has 0 unspecified atom stereocenters.